The van der Waals surface area contributed by atoms with E-state index in [9.17, 15) is 0 Å². The monoisotopic (exact) mass is 289 g/mol. The number of furan rings is 1. The van der Waals surface area contributed by atoms with Crippen molar-refractivity contribution in [3.63, 3.8) is 0 Å². The van der Waals surface area contributed by atoms with Crippen molar-refractivity contribution >= 4 is 27.5 Å². The van der Waals surface area contributed by atoms with Gasteiger partial charge in [-0.15, -0.1) is 11.3 Å². The fourth-order valence-corrected chi connectivity index (χ4v) is 2.54. The lowest BCUT2D eigenvalue weighted by Gasteiger charge is -2.08. The van der Waals surface area contributed by atoms with E-state index in [1.165, 1.54) is 0 Å². The Morgan fingerprint density at radius 3 is 3.10 bits per heavy atom. The third-order valence-corrected chi connectivity index (χ3v) is 3.56. The Labute approximate surface area is 120 Å². The number of anilines is 1. The summed E-state index contributed by atoms with van der Waals surface area (Å²) in [6.07, 6.45) is 2.65. The third-order valence-electron chi connectivity index (χ3n) is 2.75. The van der Waals surface area contributed by atoms with E-state index >= 15 is 0 Å². The van der Waals surface area contributed by atoms with Gasteiger partial charge in [0.05, 0.1) is 11.6 Å². The van der Waals surface area contributed by atoms with Crippen LogP contribution in [0.5, 0.6) is 5.88 Å². The predicted octanol–water partition coefficient (Wildman–Crippen LogP) is 3.69. The Morgan fingerprint density at radius 2 is 2.30 bits per heavy atom. The highest BCUT2D eigenvalue weighted by Gasteiger charge is 2.10. The Hall–Kier alpha value is -2.08. The summed E-state index contributed by atoms with van der Waals surface area (Å²) in [5.74, 6) is 1.97. The summed E-state index contributed by atoms with van der Waals surface area (Å²) in [7, 11) is 0. The molecule has 6 heteroatoms. The molecular weight excluding hydrogens is 274 g/mol. The molecule has 20 heavy (non-hydrogen) atoms. The van der Waals surface area contributed by atoms with Gasteiger partial charge in [0.15, 0.2) is 0 Å². The first kappa shape index (κ1) is 12.9. The van der Waals surface area contributed by atoms with Gasteiger partial charge in [-0.05, 0) is 30.0 Å². The van der Waals surface area contributed by atoms with Crippen molar-refractivity contribution in [3.05, 3.63) is 35.6 Å². The lowest BCUT2D eigenvalue weighted by Crippen LogP contribution is -2.06. The molecule has 0 radical (unpaired) electrons. The van der Waals surface area contributed by atoms with Crippen molar-refractivity contribution in [2.75, 3.05) is 11.9 Å². The molecule has 0 aliphatic rings. The molecule has 0 atom stereocenters. The van der Waals surface area contributed by atoms with E-state index in [4.69, 9.17) is 9.15 Å². The van der Waals surface area contributed by atoms with Gasteiger partial charge in [0, 0.05) is 6.54 Å². The van der Waals surface area contributed by atoms with Gasteiger partial charge in [0.1, 0.15) is 17.2 Å². The van der Waals surface area contributed by atoms with Crippen LogP contribution in [0, 0.1) is 0 Å². The summed E-state index contributed by atoms with van der Waals surface area (Å²) in [6, 6.07) is 5.69. The van der Waals surface area contributed by atoms with Crippen molar-refractivity contribution in [2.45, 2.75) is 20.0 Å². The topological polar surface area (TPSA) is 60.2 Å². The molecular formula is C14H15N3O2S. The smallest absolute Gasteiger partial charge is 0.227 e. The average molecular weight is 289 g/mol. The van der Waals surface area contributed by atoms with Crippen molar-refractivity contribution in [3.8, 4) is 5.88 Å². The van der Waals surface area contributed by atoms with E-state index < -0.39 is 0 Å². The SMILES string of the molecule is CCCNc1nc(OCc2ccco2)c2ccsc2n1. The van der Waals surface area contributed by atoms with Crippen molar-refractivity contribution in [2.24, 2.45) is 0 Å². The average Bonchev–Trinajstić information content (AvgIpc) is 3.13. The van der Waals surface area contributed by atoms with E-state index in [1.54, 1.807) is 17.6 Å². The second kappa shape index (κ2) is 5.92. The van der Waals surface area contributed by atoms with Crippen LogP contribution in [0.15, 0.2) is 34.3 Å². The molecule has 0 aromatic carbocycles. The summed E-state index contributed by atoms with van der Waals surface area (Å²) < 4.78 is 11.0. The zero-order valence-electron chi connectivity index (χ0n) is 11.1. The first-order chi connectivity index (χ1) is 9.86. The second-order valence-electron chi connectivity index (χ2n) is 4.29. The van der Waals surface area contributed by atoms with Crippen LogP contribution >= 0.6 is 11.3 Å². The van der Waals surface area contributed by atoms with Crippen molar-refractivity contribution < 1.29 is 9.15 Å². The van der Waals surface area contributed by atoms with Crippen molar-refractivity contribution in [1.82, 2.24) is 9.97 Å². The zero-order chi connectivity index (χ0) is 13.8. The molecule has 0 fully saturated rings. The van der Waals surface area contributed by atoms with Gasteiger partial charge in [0.25, 0.3) is 0 Å². The molecule has 3 rings (SSSR count). The van der Waals surface area contributed by atoms with Crippen LogP contribution in [-0.2, 0) is 6.61 Å². The van der Waals surface area contributed by atoms with Gasteiger partial charge < -0.3 is 14.5 Å². The zero-order valence-corrected chi connectivity index (χ0v) is 11.9. The summed E-state index contributed by atoms with van der Waals surface area (Å²) in [5.41, 5.74) is 0. The highest BCUT2D eigenvalue weighted by molar-refractivity contribution is 7.16. The Morgan fingerprint density at radius 1 is 1.35 bits per heavy atom. The van der Waals surface area contributed by atoms with E-state index in [2.05, 4.69) is 22.2 Å². The maximum atomic E-state index is 5.76. The number of rotatable bonds is 6. The molecule has 0 saturated heterocycles. The van der Waals surface area contributed by atoms with Crippen LogP contribution < -0.4 is 10.1 Å². The molecule has 0 amide bonds. The van der Waals surface area contributed by atoms with E-state index in [1.807, 2.05) is 23.6 Å². The van der Waals surface area contributed by atoms with E-state index in [-0.39, 0.29) is 0 Å². The first-order valence-electron chi connectivity index (χ1n) is 6.51. The molecule has 3 aromatic heterocycles. The van der Waals surface area contributed by atoms with E-state index in [0.717, 1.165) is 28.9 Å². The van der Waals surface area contributed by atoms with Gasteiger partial charge in [0.2, 0.25) is 11.8 Å². The molecule has 0 spiro atoms. The van der Waals surface area contributed by atoms with Crippen LogP contribution in [0.1, 0.15) is 19.1 Å². The summed E-state index contributed by atoms with van der Waals surface area (Å²) >= 11 is 1.58. The molecule has 104 valence electrons. The Bertz CT molecular complexity index is 679. The minimum atomic E-state index is 0.363. The number of nitrogens with zero attached hydrogens (tertiary/aromatic N) is 2. The number of hydrogen-bond acceptors (Lipinski definition) is 6. The number of hydrogen-bond donors (Lipinski definition) is 1. The fraction of sp³-hybridized carbons (Fsp3) is 0.286. The van der Waals surface area contributed by atoms with Crippen molar-refractivity contribution in [1.29, 1.82) is 0 Å². The molecule has 0 aliphatic heterocycles. The number of fused-ring (bicyclic) bond motifs is 1. The molecule has 1 N–H and O–H groups in total. The largest absolute Gasteiger partial charge is 0.469 e. The van der Waals surface area contributed by atoms with Crippen LogP contribution in [0.2, 0.25) is 0 Å². The van der Waals surface area contributed by atoms with Gasteiger partial charge in [-0.25, -0.2) is 4.98 Å². The first-order valence-corrected chi connectivity index (χ1v) is 7.39. The lowest BCUT2D eigenvalue weighted by molar-refractivity contribution is 0.264. The minimum Gasteiger partial charge on any atom is -0.469 e. The van der Waals surface area contributed by atoms with Gasteiger partial charge in [-0.1, -0.05) is 6.92 Å². The van der Waals surface area contributed by atoms with Crippen LogP contribution in [-0.4, -0.2) is 16.5 Å². The quantitative estimate of drug-likeness (QED) is 0.750. The fourth-order valence-electron chi connectivity index (χ4n) is 1.79. The van der Waals surface area contributed by atoms with Gasteiger partial charge in [-0.2, -0.15) is 4.98 Å². The number of aromatic nitrogens is 2. The van der Waals surface area contributed by atoms with Crippen LogP contribution in [0.25, 0.3) is 10.2 Å². The molecule has 0 bridgehead atoms. The molecule has 0 unspecified atom stereocenters. The summed E-state index contributed by atoms with van der Waals surface area (Å²) in [5, 5.41) is 6.11. The minimum absolute atomic E-state index is 0.363. The summed E-state index contributed by atoms with van der Waals surface area (Å²) in [4.78, 5) is 9.83. The van der Waals surface area contributed by atoms with Crippen LogP contribution in [0.3, 0.4) is 0 Å². The van der Waals surface area contributed by atoms with Crippen LogP contribution in [0.4, 0.5) is 5.95 Å². The predicted molar refractivity (Wildman–Crippen MR) is 79.2 cm³/mol. The van der Waals surface area contributed by atoms with Gasteiger partial charge in [-0.3, -0.25) is 0 Å². The number of thiophene rings is 1. The highest BCUT2D eigenvalue weighted by Crippen LogP contribution is 2.28. The van der Waals surface area contributed by atoms with Gasteiger partial charge >= 0.3 is 0 Å². The molecule has 0 saturated carbocycles. The molecule has 0 aliphatic carbocycles. The second-order valence-corrected chi connectivity index (χ2v) is 5.18. The normalized spacial score (nSPS) is 10.8. The van der Waals surface area contributed by atoms with E-state index in [0.29, 0.717) is 18.4 Å². The number of ether oxygens (including phenoxy) is 1. The Balaban J connectivity index is 1.85. The lowest BCUT2D eigenvalue weighted by atomic mass is 10.4. The maximum absolute atomic E-state index is 5.76. The molecule has 3 aromatic rings. The highest BCUT2D eigenvalue weighted by atomic mass is 32.1. The standard InChI is InChI=1S/C14H15N3O2S/c1-2-6-15-14-16-12(11-5-8-20-13(11)17-14)19-9-10-4-3-7-18-10/h3-5,7-8H,2,6,9H2,1H3,(H,15,16,17). The summed E-state index contributed by atoms with van der Waals surface area (Å²) in [6.45, 7) is 3.31. The Kier molecular flexibility index (Phi) is 3.83. The molecule has 3 heterocycles. The number of nitrogens with one attached hydrogen (secondary N) is 1. The third kappa shape index (κ3) is 2.75. The maximum Gasteiger partial charge on any atom is 0.227 e. The molecule has 5 nitrogen and oxygen atoms in total.